The molecule has 0 bridgehead atoms. The molecule has 0 unspecified atom stereocenters. The summed E-state index contributed by atoms with van der Waals surface area (Å²) in [6.07, 6.45) is 4.96. The Morgan fingerprint density at radius 1 is 1.18 bits per heavy atom. The third-order valence-corrected chi connectivity index (χ3v) is 5.52. The first-order valence-electron chi connectivity index (χ1n) is 9.41. The summed E-state index contributed by atoms with van der Waals surface area (Å²) >= 11 is 0. The molecule has 0 radical (unpaired) electrons. The highest BCUT2D eigenvalue weighted by atomic mass is 16.2. The number of carbonyl (C=O) groups excluding carboxylic acids is 1. The van der Waals surface area contributed by atoms with Crippen LogP contribution < -0.4 is 5.69 Å². The first-order valence-corrected chi connectivity index (χ1v) is 9.41. The molecule has 3 aromatic heterocycles. The number of imidazole rings is 2. The summed E-state index contributed by atoms with van der Waals surface area (Å²) in [6, 6.07) is 9.59. The summed E-state index contributed by atoms with van der Waals surface area (Å²) in [7, 11) is 0. The van der Waals surface area contributed by atoms with Gasteiger partial charge in [-0.25, -0.2) is 14.8 Å². The number of nitrogens with one attached hydrogen (secondary N) is 1. The molecule has 1 aliphatic rings. The van der Waals surface area contributed by atoms with Crippen LogP contribution in [0.1, 0.15) is 35.1 Å². The molecular weight excluding hydrogens is 356 g/mol. The molecule has 28 heavy (non-hydrogen) atoms. The van der Waals surface area contributed by atoms with Crippen molar-refractivity contribution in [1.82, 2.24) is 28.8 Å². The number of fused-ring (bicyclic) bond motifs is 2. The van der Waals surface area contributed by atoms with Crippen LogP contribution in [-0.4, -0.2) is 47.8 Å². The molecule has 1 N–H and O–H groups in total. The first-order chi connectivity index (χ1) is 13.6. The maximum atomic E-state index is 13.1. The van der Waals surface area contributed by atoms with Crippen molar-refractivity contribution < 1.29 is 4.79 Å². The number of piperidine rings is 1. The lowest BCUT2D eigenvalue weighted by Gasteiger charge is -2.32. The van der Waals surface area contributed by atoms with Gasteiger partial charge >= 0.3 is 5.69 Å². The van der Waals surface area contributed by atoms with Gasteiger partial charge in [0.1, 0.15) is 5.69 Å². The highest BCUT2D eigenvalue weighted by Gasteiger charge is 2.29. The third-order valence-electron chi connectivity index (χ3n) is 5.52. The first kappa shape index (κ1) is 16.7. The monoisotopic (exact) mass is 376 g/mol. The molecule has 8 heteroatoms. The zero-order valence-corrected chi connectivity index (χ0v) is 15.5. The summed E-state index contributed by atoms with van der Waals surface area (Å²) in [5.41, 5.74) is 2.92. The Labute approximate surface area is 160 Å². The number of aromatic amines is 1. The predicted octanol–water partition coefficient (Wildman–Crippen LogP) is 2.16. The van der Waals surface area contributed by atoms with Gasteiger partial charge in [0.05, 0.1) is 16.7 Å². The van der Waals surface area contributed by atoms with E-state index in [2.05, 4.69) is 15.0 Å². The number of aryl methyl sites for hydroxylation is 1. The van der Waals surface area contributed by atoms with Crippen LogP contribution in [0.3, 0.4) is 0 Å². The van der Waals surface area contributed by atoms with Gasteiger partial charge < -0.3 is 9.88 Å². The second-order valence-electron chi connectivity index (χ2n) is 7.18. The Kier molecular flexibility index (Phi) is 3.78. The van der Waals surface area contributed by atoms with Crippen molar-refractivity contribution in [2.24, 2.45) is 0 Å². The smallest absolute Gasteiger partial charge is 0.326 e. The van der Waals surface area contributed by atoms with Crippen molar-refractivity contribution in [3.05, 3.63) is 64.6 Å². The van der Waals surface area contributed by atoms with Gasteiger partial charge in [0, 0.05) is 31.5 Å². The van der Waals surface area contributed by atoms with E-state index in [4.69, 9.17) is 0 Å². The van der Waals surface area contributed by atoms with E-state index in [1.54, 1.807) is 16.7 Å². The Morgan fingerprint density at radius 3 is 2.79 bits per heavy atom. The number of hydrogen-bond acceptors (Lipinski definition) is 4. The molecule has 0 spiro atoms. The summed E-state index contributed by atoms with van der Waals surface area (Å²) < 4.78 is 3.58. The number of rotatable bonds is 2. The standard InChI is InChI=1S/C20H20N6O2/c1-13-17(25-10-4-9-21-19(25)22-13)18(27)24-11-7-14(8-12-24)26-16-6-3-2-5-15(16)23-20(26)28/h2-6,9-10,14H,7-8,11-12H2,1H3,(H,23,28). The fourth-order valence-corrected chi connectivity index (χ4v) is 4.17. The highest BCUT2D eigenvalue weighted by molar-refractivity contribution is 5.94. The highest BCUT2D eigenvalue weighted by Crippen LogP contribution is 2.26. The number of benzene rings is 1. The Balaban J connectivity index is 1.40. The lowest BCUT2D eigenvalue weighted by Crippen LogP contribution is -2.41. The Bertz CT molecular complexity index is 1240. The fourth-order valence-electron chi connectivity index (χ4n) is 4.17. The van der Waals surface area contributed by atoms with Gasteiger partial charge in [-0.3, -0.25) is 13.8 Å². The van der Waals surface area contributed by atoms with E-state index in [0.717, 1.165) is 23.9 Å². The molecule has 1 fully saturated rings. The van der Waals surface area contributed by atoms with E-state index >= 15 is 0 Å². The van der Waals surface area contributed by atoms with E-state index in [9.17, 15) is 9.59 Å². The molecule has 0 atom stereocenters. The number of carbonyl (C=O) groups is 1. The molecule has 1 aromatic carbocycles. The largest absolute Gasteiger partial charge is 0.337 e. The average Bonchev–Trinajstić information content (AvgIpc) is 3.22. The minimum absolute atomic E-state index is 0.0391. The van der Waals surface area contributed by atoms with Crippen molar-refractivity contribution in [3.8, 4) is 0 Å². The second-order valence-corrected chi connectivity index (χ2v) is 7.18. The lowest BCUT2D eigenvalue weighted by molar-refractivity contribution is 0.0687. The average molecular weight is 376 g/mol. The van der Waals surface area contributed by atoms with Crippen LogP contribution >= 0.6 is 0 Å². The molecular formula is C20H20N6O2. The van der Waals surface area contributed by atoms with Crippen molar-refractivity contribution in [2.75, 3.05) is 13.1 Å². The summed E-state index contributed by atoms with van der Waals surface area (Å²) in [4.78, 5) is 38.9. The third kappa shape index (κ3) is 2.52. The Morgan fingerprint density at radius 2 is 1.96 bits per heavy atom. The van der Waals surface area contributed by atoms with Crippen LogP contribution in [0.2, 0.25) is 0 Å². The van der Waals surface area contributed by atoms with Crippen LogP contribution in [0, 0.1) is 6.92 Å². The SMILES string of the molecule is Cc1nc2ncccn2c1C(=O)N1CCC(n2c(=O)[nH]c3ccccc32)CC1. The minimum atomic E-state index is -0.0883. The quantitative estimate of drug-likeness (QED) is 0.581. The van der Waals surface area contributed by atoms with E-state index in [0.29, 0.717) is 30.3 Å². The van der Waals surface area contributed by atoms with Crippen molar-refractivity contribution in [2.45, 2.75) is 25.8 Å². The molecule has 142 valence electrons. The van der Waals surface area contributed by atoms with Crippen LogP contribution in [-0.2, 0) is 0 Å². The Hall–Kier alpha value is -3.42. The summed E-state index contributed by atoms with van der Waals surface area (Å²) in [5.74, 6) is 0.492. The normalized spacial score (nSPS) is 15.5. The molecule has 5 rings (SSSR count). The lowest BCUT2D eigenvalue weighted by atomic mass is 10.0. The number of hydrogen-bond donors (Lipinski definition) is 1. The fraction of sp³-hybridized carbons (Fsp3) is 0.300. The van der Waals surface area contributed by atoms with E-state index in [-0.39, 0.29) is 17.6 Å². The van der Waals surface area contributed by atoms with Crippen LogP contribution in [0.4, 0.5) is 0 Å². The number of aromatic nitrogens is 5. The van der Waals surface area contributed by atoms with E-state index in [1.165, 1.54) is 0 Å². The minimum Gasteiger partial charge on any atom is -0.337 e. The van der Waals surface area contributed by atoms with Gasteiger partial charge in [0.2, 0.25) is 5.78 Å². The van der Waals surface area contributed by atoms with Crippen molar-refractivity contribution in [1.29, 1.82) is 0 Å². The topological polar surface area (TPSA) is 88.3 Å². The molecule has 0 aliphatic carbocycles. The number of nitrogens with zero attached hydrogens (tertiary/aromatic N) is 5. The van der Waals surface area contributed by atoms with E-state index < -0.39 is 0 Å². The zero-order chi connectivity index (χ0) is 19.3. The summed E-state index contributed by atoms with van der Waals surface area (Å²) in [5, 5.41) is 0. The second kappa shape index (κ2) is 6.33. The van der Waals surface area contributed by atoms with Crippen LogP contribution in [0.5, 0.6) is 0 Å². The molecule has 1 saturated heterocycles. The van der Waals surface area contributed by atoms with Gasteiger partial charge in [0.25, 0.3) is 5.91 Å². The van der Waals surface area contributed by atoms with Gasteiger partial charge in [-0.05, 0) is 38.0 Å². The molecule has 4 heterocycles. The number of H-pyrrole nitrogens is 1. The predicted molar refractivity (Wildman–Crippen MR) is 104 cm³/mol. The molecule has 1 amide bonds. The van der Waals surface area contributed by atoms with Crippen molar-refractivity contribution in [3.63, 3.8) is 0 Å². The van der Waals surface area contributed by atoms with Crippen molar-refractivity contribution >= 4 is 22.7 Å². The molecule has 4 aromatic rings. The number of likely N-dealkylation sites (tertiary alicyclic amines) is 1. The van der Waals surface area contributed by atoms with Crippen LogP contribution in [0.25, 0.3) is 16.8 Å². The van der Waals surface area contributed by atoms with Crippen LogP contribution in [0.15, 0.2) is 47.5 Å². The number of para-hydroxylation sites is 2. The van der Waals surface area contributed by atoms with E-state index in [1.807, 2.05) is 46.9 Å². The molecule has 1 aliphatic heterocycles. The summed E-state index contributed by atoms with van der Waals surface area (Å²) in [6.45, 7) is 3.03. The maximum absolute atomic E-state index is 13.1. The van der Waals surface area contributed by atoms with Gasteiger partial charge in [-0.1, -0.05) is 12.1 Å². The number of amides is 1. The molecule has 0 saturated carbocycles. The van der Waals surface area contributed by atoms with Gasteiger partial charge in [-0.2, -0.15) is 0 Å². The maximum Gasteiger partial charge on any atom is 0.326 e. The zero-order valence-electron chi connectivity index (χ0n) is 15.5. The van der Waals surface area contributed by atoms with Gasteiger partial charge in [-0.15, -0.1) is 0 Å². The molecule has 8 nitrogen and oxygen atoms in total. The van der Waals surface area contributed by atoms with Gasteiger partial charge in [0.15, 0.2) is 0 Å².